The van der Waals surface area contributed by atoms with E-state index >= 15 is 0 Å². The number of anilines is 2. The molecule has 8 nitrogen and oxygen atoms in total. The third-order valence-corrected chi connectivity index (χ3v) is 4.69. The smallest absolute Gasteiger partial charge is 0.387 e. The van der Waals surface area contributed by atoms with E-state index in [9.17, 15) is 23.2 Å². The molecule has 0 fully saturated rings. The van der Waals surface area contributed by atoms with Crippen LogP contribution in [-0.4, -0.2) is 28.6 Å². The van der Waals surface area contributed by atoms with E-state index in [-0.39, 0.29) is 35.9 Å². The van der Waals surface area contributed by atoms with Crippen molar-refractivity contribution in [3.05, 3.63) is 86.6 Å². The van der Waals surface area contributed by atoms with E-state index in [1.165, 1.54) is 33.7 Å². The molecule has 0 atom stereocenters. The number of nitrogen functional groups attached to an aromatic ring is 1. The van der Waals surface area contributed by atoms with Crippen molar-refractivity contribution in [1.82, 2.24) is 9.55 Å². The van der Waals surface area contributed by atoms with Crippen molar-refractivity contribution in [2.24, 2.45) is 0 Å². The maximum Gasteiger partial charge on any atom is 0.387 e. The molecule has 0 saturated carbocycles. The first-order valence-corrected chi connectivity index (χ1v) is 9.85. The van der Waals surface area contributed by atoms with Crippen molar-refractivity contribution >= 4 is 17.4 Å². The van der Waals surface area contributed by atoms with Crippen LogP contribution in [0.3, 0.4) is 0 Å². The first-order valence-electron chi connectivity index (χ1n) is 9.85. The average molecular weight is 444 g/mol. The summed E-state index contributed by atoms with van der Waals surface area (Å²) in [6.07, 6.45) is 0.495. The fourth-order valence-corrected chi connectivity index (χ4v) is 3.23. The summed E-state index contributed by atoms with van der Waals surface area (Å²) in [6, 6.07) is 14.1. The number of aromatic amines is 1. The van der Waals surface area contributed by atoms with Crippen molar-refractivity contribution < 1.29 is 18.3 Å². The SMILES string of the molecule is CCCN(C(=O)c1ccc(OC(F)F)cc1)c1c(N)n(Cc2ccccc2)c(=O)[nH]c1=O. The number of carbonyl (C=O) groups is 1. The maximum absolute atomic E-state index is 13.2. The van der Waals surface area contributed by atoms with E-state index in [4.69, 9.17) is 5.73 Å². The molecule has 0 bridgehead atoms. The molecule has 1 amide bonds. The Morgan fingerprint density at radius 1 is 1.12 bits per heavy atom. The number of amides is 1. The van der Waals surface area contributed by atoms with Crippen LogP contribution >= 0.6 is 0 Å². The molecule has 1 heterocycles. The number of hydrogen-bond acceptors (Lipinski definition) is 5. The maximum atomic E-state index is 13.2. The molecule has 3 rings (SSSR count). The summed E-state index contributed by atoms with van der Waals surface area (Å²) < 4.78 is 30.2. The number of halogens is 2. The fourth-order valence-electron chi connectivity index (χ4n) is 3.23. The molecule has 3 N–H and O–H groups in total. The topological polar surface area (TPSA) is 110 Å². The summed E-state index contributed by atoms with van der Waals surface area (Å²) in [4.78, 5) is 41.6. The number of nitrogens with zero attached hydrogens (tertiary/aromatic N) is 2. The lowest BCUT2D eigenvalue weighted by Gasteiger charge is -2.24. The molecule has 0 saturated heterocycles. The van der Waals surface area contributed by atoms with Crippen LogP contribution in [0, 0.1) is 0 Å². The molecule has 0 aliphatic carbocycles. The normalized spacial score (nSPS) is 10.9. The zero-order valence-electron chi connectivity index (χ0n) is 17.3. The highest BCUT2D eigenvalue weighted by Crippen LogP contribution is 2.22. The van der Waals surface area contributed by atoms with Gasteiger partial charge in [-0.05, 0) is 36.2 Å². The monoisotopic (exact) mass is 444 g/mol. The third kappa shape index (κ3) is 5.02. The zero-order valence-corrected chi connectivity index (χ0v) is 17.3. The van der Waals surface area contributed by atoms with Crippen LogP contribution in [0.2, 0.25) is 0 Å². The summed E-state index contributed by atoms with van der Waals surface area (Å²) in [7, 11) is 0. The van der Waals surface area contributed by atoms with Gasteiger partial charge in [0.25, 0.3) is 11.5 Å². The molecule has 0 radical (unpaired) electrons. The minimum atomic E-state index is -2.99. The number of benzene rings is 2. The van der Waals surface area contributed by atoms with Gasteiger partial charge < -0.3 is 15.4 Å². The number of alkyl halides is 2. The molecule has 0 aliphatic heterocycles. The van der Waals surface area contributed by atoms with Gasteiger partial charge in [-0.2, -0.15) is 8.78 Å². The standard InChI is InChI=1S/C22H22F2N4O4/c1-2-12-27(20(30)15-8-10-16(11-9-15)32-21(23)24)17-18(25)28(22(31)26-19(17)29)13-14-6-4-3-5-7-14/h3-11,21H,2,12-13,25H2,1H3,(H,26,29,31). The Balaban J connectivity index is 2.02. The van der Waals surface area contributed by atoms with Crippen molar-refractivity contribution in [2.75, 3.05) is 17.2 Å². The van der Waals surface area contributed by atoms with Gasteiger partial charge in [0.1, 0.15) is 11.6 Å². The van der Waals surface area contributed by atoms with E-state index < -0.39 is 23.8 Å². The molecule has 3 aromatic rings. The summed E-state index contributed by atoms with van der Waals surface area (Å²) in [6.45, 7) is -0.935. The van der Waals surface area contributed by atoms with Gasteiger partial charge in [-0.25, -0.2) is 4.79 Å². The number of ether oxygens (including phenoxy) is 1. The molecule has 32 heavy (non-hydrogen) atoms. The highest BCUT2D eigenvalue weighted by molar-refractivity contribution is 6.07. The lowest BCUT2D eigenvalue weighted by Crippen LogP contribution is -2.41. The molecular weight excluding hydrogens is 422 g/mol. The van der Waals surface area contributed by atoms with Crippen molar-refractivity contribution in [3.8, 4) is 5.75 Å². The molecule has 2 aromatic carbocycles. The Hall–Kier alpha value is -3.95. The van der Waals surface area contributed by atoms with Gasteiger partial charge in [-0.3, -0.25) is 19.1 Å². The third-order valence-electron chi connectivity index (χ3n) is 4.69. The molecule has 168 valence electrons. The van der Waals surface area contributed by atoms with E-state index in [0.29, 0.717) is 6.42 Å². The van der Waals surface area contributed by atoms with Crippen molar-refractivity contribution in [3.63, 3.8) is 0 Å². The van der Waals surface area contributed by atoms with Crippen LogP contribution in [0.5, 0.6) is 5.75 Å². The second kappa shape index (κ2) is 9.90. The zero-order chi connectivity index (χ0) is 23.3. The van der Waals surface area contributed by atoms with Gasteiger partial charge in [0.05, 0.1) is 6.54 Å². The lowest BCUT2D eigenvalue weighted by molar-refractivity contribution is -0.0498. The minimum Gasteiger partial charge on any atom is -0.435 e. The highest BCUT2D eigenvalue weighted by Gasteiger charge is 2.25. The number of H-pyrrole nitrogens is 1. The molecule has 10 heteroatoms. The fraction of sp³-hybridized carbons (Fsp3) is 0.227. The summed E-state index contributed by atoms with van der Waals surface area (Å²) in [5, 5.41) is 0. The average Bonchev–Trinajstić information content (AvgIpc) is 2.76. The second-order valence-electron chi connectivity index (χ2n) is 6.92. The predicted molar refractivity (Wildman–Crippen MR) is 116 cm³/mol. The Labute approximate surface area is 181 Å². The summed E-state index contributed by atoms with van der Waals surface area (Å²) in [5.74, 6) is -0.827. The van der Waals surface area contributed by atoms with Crippen LogP contribution in [0.4, 0.5) is 20.3 Å². The first-order chi connectivity index (χ1) is 15.3. The number of nitrogens with one attached hydrogen (secondary N) is 1. The van der Waals surface area contributed by atoms with Crippen molar-refractivity contribution in [1.29, 1.82) is 0 Å². The minimum absolute atomic E-state index is 0.100. The second-order valence-corrected chi connectivity index (χ2v) is 6.92. The van der Waals surface area contributed by atoms with Crippen LogP contribution < -0.4 is 26.6 Å². The molecule has 0 aliphatic rings. The van der Waals surface area contributed by atoms with Crippen LogP contribution in [-0.2, 0) is 6.54 Å². The van der Waals surface area contributed by atoms with Gasteiger partial charge in [-0.15, -0.1) is 0 Å². The molecular formula is C22H22F2N4O4. The van der Waals surface area contributed by atoms with E-state index in [0.717, 1.165) is 5.56 Å². The Bertz CT molecular complexity index is 1190. The number of nitrogens with two attached hydrogens (primary N) is 1. The van der Waals surface area contributed by atoms with E-state index in [1.807, 2.05) is 13.0 Å². The van der Waals surface area contributed by atoms with E-state index in [1.54, 1.807) is 24.3 Å². The largest absolute Gasteiger partial charge is 0.435 e. The molecule has 0 unspecified atom stereocenters. The van der Waals surface area contributed by atoms with Crippen LogP contribution in [0.25, 0.3) is 0 Å². The Kier molecular flexibility index (Phi) is 7.04. The van der Waals surface area contributed by atoms with Gasteiger partial charge in [0, 0.05) is 12.1 Å². The van der Waals surface area contributed by atoms with Crippen LogP contribution in [0.15, 0.2) is 64.2 Å². The number of rotatable bonds is 8. The van der Waals surface area contributed by atoms with Crippen molar-refractivity contribution in [2.45, 2.75) is 26.5 Å². The van der Waals surface area contributed by atoms with Gasteiger partial charge in [-0.1, -0.05) is 37.3 Å². The number of hydrogen-bond donors (Lipinski definition) is 2. The number of aromatic nitrogens is 2. The quantitative estimate of drug-likeness (QED) is 0.555. The molecule has 0 spiro atoms. The highest BCUT2D eigenvalue weighted by atomic mass is 19.3. The van der Waals surface area contributed by atoms with Crippen LogP contribution in [0.1, 0.15) is 29.3 Å². The summed E-state index contributed by atoms with van der Waals surface area (Å²) in [5.41, 5.74) is 5.48. The Morgan fingerprint density at radius 3 is 2.38 bits per heavy atom. The van der Waals surface area contributed by atoms with Gasteiger partial charge in [0.15, 0.2) is 5.69 Å². The number of carbonyl (C=O) groups excluding carboxylic acids is 1. The Morgan fingerprint density at radius 2 is 1.78 bits per heavy atom. The summed E-state index contributed by atoms with van der Waals surface area (Å²) >= 11 is 0. The van der Waals surface area contributed by atoms with E-state index in [2.05, 4.69) is 9.72 Å². The lowest BCUT2D eigenvalue weighted by atomic mass is 10.1. The van der Waals surface area contributed by atoms with Gasteiger partial charge >= 0.3 is 12.3 Å². The molecule has 1 aromatic heterocycles. The predicted octanol–water partition coefficient (Wildman–Crippen LogP) is 2.83. The first kappa shape index (κ1) is 22.7. The van der Waals surface area contributed by atoms with Gasteiger partial charge in [0.2, 0.25) is 0 Å².